The number of aliphatic carboxylic acids is 3. The lowest BCUT2D eigenvalue weighted by molar-refractivity contribution is -0.144. The van der Waals surface area contributed by atoms with Crippen LogP contribution in [0.1, 0.15) is 26.2 Å². The van der Waals surface area contributed by atoms with Crippen molar-refractivity contribution in [3.63, 3.8) is 0 Å². The van der Waals surface area contributed by atoms with Crippen LogP contribution in [0.3, 0.4) is 0 Å². The lowest BCUT2D eigenvalue weighted by Crippen LogP contribution is -2.57. The Morgan fingerprint density at radius 3 is 1.50 bits per heavy atom. The van der Waals surface area contributed by atoms with E-state index in [1.165, 1.54) is 0 Å². The molecule has 10 N–H and O–H groups in total. The molecular weight excluding hydrogens is 410 g/mol. The van der Waals surface area contributed by atoms with Crippen molar-refractivity contribution >= 4 is 41.5 Å². The average molecular weight is 433 g/mol. The van der Waals surface area contributed by atoms with Gasteiger partial charge in [0.1, 0.15) is 18.1 Å². The van der Waals surface area contributed by atoms with Crippen molar-refractivity contribution in [2.75, 3.05) is 0 Å². The fourth-order valence-corrected chi connectivity index (χ4v) is 2.00. The molecule has 15 nitrogen and oxygen atoms in total. The summed E-state index contributed by atoms with van der Waals surface area (Å²) in [6.07, 6.45) is -2.52. The number of hydrogen-bond donors (Lipinski definition) is 8. The Hall–Kier alpha value is -3.75. The molecule has 4 unspecified atom stereocenters. The van der Waals surface area contributed by atoms with E-state index in [0.717, 1.165) is 6.92 Å². The predicted octanol–water partition coefficient (Wildman–Crippen LogP) is -4.30. The number of carboxylic acids is 3. The Morgan fingerprint density at radius 2 is 1.13 bits per heavy atom. The fourth-order valence-electron chi connectivity index (χ4n) is 2.00. The number of primary amides is 1. The summed E-state index contributed by atoms with van der Waals surface area (Å²) in [5, 5.41) is 32.5. The zero-order valence-electron chi connectivity index (χ0n) is 15.8. The van der Waals surface area contributed by atoms with Crippen molar-refractivity contribution < 1.29 is 48.9 Å². The first-order valence-corrected chi connectivity index (χ1v) is 8.36. The van der Waals surface area contributed by atoms with Crippen LogP contribution in [-0.4, -0.2) is 81.0 Å². The lowest BCUT2D eigenvalue weighted by Gasteiger charge is -2.23. The maximum atomic E-state index is 12.4. The number of carbonyl (C=O) groups excluding carboxylic acids is 4. The van der Waals surface area contributed by atoms with Crippen molar-refractivity contribution in [2.24, 2.45) is 11.5 Å². The van der Waals surface area contributed by atoms with E-state index in [4.69, 9.17) is 26.8 Å². The van der Waals surface area contributed by atoms with Crippen LogP contribution in [0.25, 0.3) is 0 Å². The smallest absolute Gasteiger partial charge is 0.325 e. The Morgan fingerprint density at radius 1 is 0.733 bits per heavy atom. The zero-order valence-corrected chi connectivity index (χ0v) is 15.8. The topological polar surface area (TPSA) is 268 Å². The van der Waals surface area contributed by atoms with Gasteiger partial charge in [-0.05, 0) is 6.92 Å². The van der Waals surface area contributed by atoms with Gasteiger partial charge in [0, 0.05) is 0 Å². The van der Waals surface area contributed by atoms with Crippen LogP contribution in [-0.2, 0) is 33.6 Å². The van der Waals surface area contributed by atoms with Crippen molar-refractivity contribution in [3.05, 3.63) is 0 Å². The van der Waals surface area contributed by atoms with Crippen LogP contribution >= 0.6 is 0 Å². The minimum atomic E-state index is -1.78. The number of nitrogens with one attached hydrogen (secondary N) is 3. The Bertz CT molecular complexity index is 725. The van der Waals surface area contributed by atoms with Crippen LogP contribution < -0.4 is 27.4 Å². The maximum absolute atomic E-state index is 12.4. The number of carboxylic acid groups (broad SMARTS) is 3. The molecule has 30 heavy (non-hydrogen) atoms. The molecular formula is C15H23N5O10. The van der Waals surface area contributed by atoms with Gasteiger partial charge in [0.05, 0.1) is 25.3 Å². The molecule has 4 atom stereocenters. The van der Waals surface area contributed by atoms with Gasteiger partial charge in [-0.25, -0.2) is 0 Å². The van der Waals surface area contributed by atoms with Crippen molar-refractivity contribution in [1.29, 1.82) is 0 Å². The van der Waals surface area contributed by atoms with E-state index in [2.05, 4.69) is 0 Å². The SMILES string of the molecule is CC(NC(=O)C(CC(=O)O)NC(=O)C(CC(=O)O)NC(=O)C(N)CC(N)=O)C(=O)O. The molecule has 0 aromatic rings. The summed E-state index contributed by atoms with van der Waals surface area (Å²) < 4.78 is 0. The van der Waals surface area contributed by atoms with Gasteiger partial charge in [-0.1, -0.05) is 0 Å². The van der Waals surface area contributed by atoms with Crippen molar-refractivity contribution in [1.82, 2.24) is 16.0 Å². The Balaban J connectivity index is 5.41. The molecule has 0 saturated carbocycles. The fraction of sp³-hybridized carbons (Fsp3) is 0.533. The van der Waals surface area contributed by atoms with Gasteiger partial charge in [0.15, 0.2) is 0 Å². The first kappa shape index (κ1) is 26.2. The van der Waals surface area contributed by atoms with Crippen molar-refractivity contribution in [3.8, 4) is 0 Å². The highest BCUT2D eigenvalue weighted by atomic mass is 16.4. The summed E-state index contributed by atoms with van der Waals surface area (Å²) in [5.74, 6) is -8.91. The molecule has 0 bridgehead atoms. The van der Waals surface area contributed by atoms with Gasteiger partial charge >= 0.3 is 17.9 Å². The molecule has 0 fully saturated rings. The van der Waals surface area contributed by atoms with E-state index < -0.39 is 85.0 Å². The molecule has 0 saturated heterocycles. The highest BCUT2D eigenvalue weighted by molar-refractivity contribution is 5.97. The summed E-state index contributed by atoms with van der Waals surface area (Å²) >= 11 is 0. The molecule has 4 amide bonds. The summed E-state index contributed by atoms with van der Waals surface area (Å²) in [5.41, 5.74) is 10.3. The highest BCUT2D eigenvalue weighted by Gasteiger charge is 2.32. The van der Waals surface area contributed by atoms with E-state index >= 15 is 0 Å². The van der Waals surface area contributed by atoms with Crippen LogP contribution in [0.5, 0.6) is 0 Å². The second-order valence-electron chi connectivity index (χ2n) is 6.16. The summed E-state index contributed by atoms with van der Waals surface area (Å²) in [4.78, 5) is 80.0. The van der Waals surface area contributed by atoms with Crippen LogP contribution in [0.2, 0.25) is 0 Å². The van der Waals surface area contributed by atoms with Gasteiger partial charge in [-0.3, -0.25) is 33.6 Å². The van der Waals surface area contributed by atoms with Gasteiger partial charge in [-0.15, -0.1) is 0 Å². The molecule has 168 valence electrons. The van der Waals surface area contributed by atoms with Gasteiger partial charge in [-0.2, -0.15) is 0 Å². The second-order valence-corrected chi connectivity index (χ2v) is 6.16. The third-order valence-electron chi connectivity index (χ3n) is 3.51. The first-order chi connectivity index (χ1) is 13.7. The highest BCUT2D eigenvalue weighted by Crippen LogP contribution is 2.01. The largest absolute Gasteiger partial charge is 0.481 e. The third kappa shape index (κ3) is 9.98. The van der Waals surface area contributed by atoms with E-state index in [9.17, 15) is 33.6 Å². The van der Waals surface area contributed by atoms with Crippen LogP contribution in [0.15, 0.2) is 0 Å². The van der Waals surface area contributed by atoms with Gasteiger partial charge in [0.25, 0.3) is 0 Å². The number of amides is 4. The number of nitrogens with two attached hydrogens (primary N) is 2. The minimum absolute atomic E-state index is 0.593. The molecule has 0 aliphatic carbocycles. The molecule has 0 radical (unpaired) electrons. The monoisotopic (exact) mass is 433 g/mol. The Kier molecular flexibility index (Phi) is 10.5. The van der Waals surface area contributed by atoms with E-state index in [-0.39, 0.29) is 0 Å². The van der Waals surface area contributed by atoms with Crippen LogP contribution in [0.4, 0.5) is 0 Å². The second kappa shape index (κ2) is 11.9. The quantitative estimate of drug-likeness (QED) is 0.137. The number of rotatable bonds is 13. The van der Waals surface area contributed by atoms with Crippen LogP contribution in [0, 0.1) is 0 Å². The minimum Gasteiger partial charge on any atom is -0.481 e. The molecule has 0 spiro atoms. The first-order valence-electron chi connectivity index (χ1n) is 8.36. The summed E-state index contributed by atoms with van der Waals surface area (Å²) in [6.45, 7) is 1.09. The molecule has 15 heteroatoms. The predicted molar refractivity (Wildman–Crippen MR) is 95.4 cm³/mol. The summed E-state index contributed by atoms with van der Waals surface area (Å²) in [7, 11) is 0. The molecule has 0 aromatic heterocycles. The van der Waals surface area contributed by atoms with Gasteiger partial charge < -0.3 is 42.7 Å². The zero-order chi connectivity index (χ0) is 23.6. The molecule has 0 aromatic carbocycles. The van der Waals surface area contributed by atoms with E-state index in [1.807, 2.05) is 16.0 Å². The van der Waals surface area contributed by atoms with Crippen molar-refractivity contribution in [2.45, 2.75) is 50.4 Å². The number of carbonyl (C=O) groups is 7. The van der Waals surface area contributed by atoms with E-state index in [0.29, 0.717) is 0 Å². The average Bonchev–Trinajstić information content (AvgIpc) is 2.58. The Labute approximate surface area is 169 Å². The molecule has 0 rings (SSSR count). The molecule has 0 heterocycles. The molecule has 0 aliphatic heterocycles. The molecule has 0 aliphatic rings. The normalized spacial score (nSPS) is 14.3. The maximum Gasteiger partial charge on any atom is 0.325 e. The summed E-state index contributed by atoms with van der Waals surface area (Å²) in [6, 6.07) is -6.45. The number of hydrogen-bond acceptors (Lipinski definition) is 8. The van der Waals surface area contributed by atoms with Gasteiger partial charge in [0.2, 0.25) is 23.6 Å². The van der Waals surface area contributed by atoms with E-state index in [1.54, 1.807) is 0 Å². The third-order valence-corrected chi connectivity index (χ3v) is 3.51. The lowest BCUT2D eigenvalue weighted by atomic mass is 10.1. The standard InChI is InChI=1S/C15H23N5O10/c1-5(15(29)30)18-13(27)7(3-10(22)23)20-14(28)8(4-11(24)25)19-12(26)6(16)2-9(17)21/h5-8H,2-4,16H2,1H3,(H2,17,21)(H,18,27)(H,19,26)(H,20,28)(H,22,23)(H,24,25)(H,29,30).